The number of fused-ring (bicyclic) bond motifs is 1. The van der Waals surface area contributed by atoms with Gasteiger partial charge in [-0.2, -0.15) is 0 Å². The summed E-state index contributed by atoms with van der Waals surface area (Å²) in [7, 11) is 0. The highest BCUT2D eigenvalue weighted by Crippen LogP contribution is 2.31. The average molecular weight is 233 g/mol. The van der Waals surface area contributed by atoms with Gasteiger partial charge in [-0.25, -0.2) is 4.98 Å². The minimum absolute atomic E-state index is 0. The molecule has 1 aromatic rings. The largest absolute Gasteiger partial charge is 0.352 e. The Morgan fingerprint density at radius 2 is 2.29 bits per heavy atom. The molecule has 2 fully saturated rings. The first kappa shape index (κ1) is 11.0. The van der Waals surface area contributed by atoms with E-state index in [1.807, 2.05) is 0 Å². The van der Waals surface area contributed by atoms with Crippen molar-refractivity contribution in [1.82, 2.24) is 10.3 Å². The van der Waals surface area contributed by atoms with Gasteiger partial charge >= 0.3 is 0 Å². The fraction of sp³-hybridized carbons (Fsp3) is 0.643. The molecule has 0 unspecified atom stereocenters. The number of aromatic nitrogens is 1. The molecule has 2 atom stereocenters. The van der Waals surface area contributed by atoms with Crippen LogP contribution in [0.25, 0.3) is 0 Å². The van der Waals surface area contributed by atoms with Gasteiger partial charge in [-0.15, -0.1) is 0 Å². The van der Waals surface area contributed by atoms with Crippen molar-refractivity contribution in [2.24, 2.45) is 5.92 Å². The standard InChI is InChI=1S/C14H21N3.H2/c1-10(2)12-4-3-5-14(16-12)17-7-6-11-8-15-9-13(11)17;/h3-5,10-11,13,15H,6-9H2,1-2H3;1H/t11-,13+;/m1./s1. The zero-order valence-corrected chi connectivity index (χ0v) is 10.7. The molecule has 0 aliphatic carbocycles. The topological polar surface area (TPSA) is 28.2 Å². The molecular formula is C14H23N3. The molecule has 0 radical (unpaired) electrons. The Hall–Kier alpha value is -1.09. The third-order valence-corrected chi connectivity index (χ3v) is 4.09. The molecule has 1 aromatic heterocycles. The van der Waals surface area contributed by atoms with Gasteiger partial charge in [-0.1, -0.05) is 19.9 Å². The number of nitrogens with one attached hydrogen (secondary N) is 1. The SMILES string of the molecule is CC(C)c1cccc(N2CC[C@@H]3CNC[C@@H]32)n1.[HH]. The van der Waals surface area contributed by atoms with E-state index in [0.717, 1.165) is 12.5 Å². The van der Waals surface area contributed by atoms with Crippen molar-refractivity contribution >= 4 is 5.82 Å². The van der Waals surface area contributed by atoms with E-state index in [0.29, 0.717) is 12.0 Å². The van der Waals surface area contributed by atoms with Gasteiger partial charge in [0.2, 0.25) is 0 Å². The third kappa shape index (κ3) is 1.93. The summed E-state index contributed by atoms with van der Waals surface area (Å²) in [5.41, 5.74) is 1.21. The quantitative estimate of drug-likeness (QED) is 0.849. The second-order valence-electron chi connectivity index (χ2n) is 5.54. The summed E-state index contributed by atoms with van der Waals surface area (Å²) < 4.78 is 0. The summed E-state index contributed by atoms with van der Waals surface area (Å²) in [5, 5.41) is 3.49. The van der Waals surface area contributed by atoms with E-state index >= 15 is 0 Å². The molecule has 1 N–H and O–H groups in total. The van der Waals surface area contributed by atoms with Gasteiger partial charge in [-0.3, -0.25) is 0 Å². The normalized spacial score (nSPS) is 27.8. The lowest BCUT2D eigenvalue weighted by Gasteiger charge is -2.25. The van der Waals surface area contributed by atoms with E-state index < -0.39 is 0 Å². The molecule has 3 heterocycles. The Bertz CT molecular complexity index is 408. The van der Waals surface area contributed by atoms with Gasteiger partial charge in [0.1, 0.15) is 5.82 Å². The van der Waals surface area contributed by atoms with Crippen molar-refractivity contribution in [2.75, 3.05) is 24.5 Å². The molecule has 3 nitrogen and oxygen atoms in total. The summed E-state index contributed by atoms with van der Waals surface area (Å²) in [6.07, 6.45) is 1.31. The molecular weight excluding hydrogens is 210 g/mol. The summed E-state index contributed by atoms with van der Waals surface area (Å²) >= 11 is 0. The van der Waals surface area contributed by atoms with Gasteiger partial charge < -0.3 is 10.2 Å². The van der Waals surface area contributed by atoms with Gasteiger partial charge in [-0.05, 0) is 30.4 Å². The fourth-order valence-electron chi connectivity index (χ4n) is 3.05. The van der Waals surface area contributed by atoms with Crippen LogP contribution in [0.2, 0.25) is 0 Å². The van der Waals surface area contributed by atoms with Crippen molar-refractivity contribution in [3.8, 4) is 0 Å². The van der Waals surface area contributed by atoms with Crippen molar-refractivity contribution in [2.45, 2.75) is 32.2 Å². The van der Waals surface area contributed by atoms with Crippen LogP contribution >= 0.6 is 0 Å². The maximum absolute atomic E-state index is 4.81. The predicted octanol–water partition coefficient (Wildman–Crippen LogP) is 2.25. The maximum atomic E-state index is 4.81. The van der Waals surface area contributed by atoms with E-state index in [-0.39, 0.29) is 1.43 Å². The minimum Gasteiger partial charge on any atom is -0.352 e. The number of nitrogens with zero attached hydrogens (tertiary/aromatic N) is 2. The highest BCUT2D eigenvalue weighted by molar-refractivity contribution is 5.43. The van der Waals surface area contributed by atoms with Crippen molar-refractivity contribution in [3.05, 3.63) is 23.9 Å². The van der Waals surface area contributed by atoms with Crippen LogP contribution in [0, 0.1) is 5.92 Å². The zero-order valence-electron chi connectivity index (χ0n) is 10.7. The first-order valence-corrected chi connectivity index (χ1v) is 6.70. The molecule has 2 saturated heterocycles. The van der Waals surface area contributed by atoms with Crippen LogP contribution in [-0.4, -0.2) is 30.7 Å². The second kappa shape index (κ2) is 4.30. The Balaban J connectivity index is 0.00000120. The van der Waals surface area contributed by atoms with Gasteiger partial charge in [0.15, 0.2) is 0 Å². The van der Waals surface area contributed by atoms with Crippen LogP contribution in [0.3, 0.4) is 0 Å². The van der Waals surface area contributed by atoms with Crippen molar-refractivity contribution in [1.29, 1.82) is 0 Å². The molecule has 3 heteroatoms. The predicted molar refractivity (Wildman–Crippen MR) is 72.6 cm³/mol. The molecule has 3 rings (SSSR count). The zero-order chi connectivity index (χ0) is 11.8. The molecule has 2 aliphatic rings. The van der Waals surface area contributed by atoms with Crippen LogP contribution in [0.4, 0.5) is 5.82 Å². The minimum atomic E-state index is 0. The highest BCUT2D eigenvalue weighted by Gasteiger charge is 2.37. The molecule has 0 saturated carbocycles. The van der Waals surface area contributed by atoms with Crippen LogP contribution in [0.5, 0.6) is 0 Å². The number of anilines is 1. The van der Waals surface area contributed by atoms with E-state index in [2.05, 4.69) is 42.3 Å². The van der Waals surface area contributed by atoms with Crippen LogP contribution in [0.15, 0.2) is 18.2 Å². The lowest BCUT2D eigenvalue weighted by molar-refractivity contribution is 0.577. The third-order valence-electron chi connectivity index (χ3n) is 4.09. The van der Waals surface area contributed by atoms with Crippen LogP contribution in [0.1, 0.15) is 33.3 Å². The van der Waals surface area contributed by atoms with Crippen molar-refractivity contribution < 1.29 is 1.43 Å². The van der Waals surface area contributed by atoms with Crippen LogP contribution in [-0.2, 0) is 0 Å². The van der Waals surface area contributed by atoms with E-state index in [1.54, 1.807) is 0 Å². The molecule has 17 heavy (non-hydrogen) atoms. The Labute approximate surface area is 105 Å². The number of hydrogen-bond donors (Lipinski definition) is 1. The average Bonchev–Trinajstić information content (AvgIpc) is 2.90. The molecule has 2 aliphatic heterocycles. The first-order chi connectivity index (χ1) is 8.25. The smallest absolute Gasteiger partial charge is 0.129 e. The Morgan fingerprint density at radius 3 is 3.12 bits per heavy atom. The molecule has 0 amide bonds. The summed E-state index contributed by atoms with van der Waals surface area (Å²) in [5.74, 6) is 2.52. The molecule has 0 spiro atoms. The summed E-state index contributed by atoms with van der Waals surface area (Å²) in [6, 6.07) is 7.11. The number of hydrogen-bond acceptors (Lipinski definition) is 3. The monoisotopic (exact) mass is 233 g/mol. The van der Waals surface area contributed by atoms with E-state index in [9.17, 15) is 0 Å². The second-order valence-corrected chi connectivity index (χ2v) is 5.54. The van der Waals surface area contributed by atoms with Gasteiger partial charge in [0.05, 0.1) is 0 Å². The number of pyridine rings is 1. The molecule has 0 bridgehead atoms. The van der Waals surface area contributed by atoms with E-state index in [4.69, 9.17) is 4.98 Å². The Morgan fingerprint density at radius 1 is 1.41 bits per heavy atom. The van der Waals surface area contributed by atoms with Gasteiger partial charge in [0.25, 0.3) is 0 Å². The highest BCUT2D eigenvalue weighted by atomic mass is 15.3. The molecule has 0 aromatic carbocycles. The summed E-state index contributed by atoms with van der Waals surface area (Å²) in [6.45, 7) is 7.89. The first-order valence-electron chi connectivity index (χ1n) is 6.70. The number of rotatable bonds is 2. The van der Waals surface area contributed by atoms with Gasteiger partial charge in [0, 0.05) is 32.8 Å². The Kier molecular flexibility index (Phi) is 2.79. The van der Waals surface area contributed by atoms with E-state index in [1.165, 1.54) is 31.0 Å². The molecule has 94 valence electrons. The summed E-state index contributed by atoms with van der Waals surface area (Å²) in [4.78, 5) is 7.31. The van der Waals surface area contributed by atoms with Crippen molar-refractivity contribution in [3.63, 3.8) is 0 Å². The lowest BCUT2D eigenvalue weighted by atomic mass is 10.1. The maximum Gasteiger partial charge on any atom is 0.129 e. The van der Waals surface area contributed by atoms with Crippen LogP contribution < -0.4 is 10.2 Å². The lowest BCUT2D eigenvalue weighted by Crippen LogP contribution is -2.34. The fourth-order valence-corrected chi connectivity index (χ4v) is 3.05.